The Balaban J connectivity index is 1.59. The molecule has 2 aromatic heterocycles. The van der Waals surface area contributed by atoms with Gasteiger partial charge in [0, 0.05) is 18.4 Å². The van der Waals surface area contributed by atoms with E-state index in [9.17, 15) is 0 Å². The number of aromatic amines is 1. The van der Waals surface area contributed by atoms with Crippen LogP contribution in [0.5, 0.6) is 0 Å². The van der Waals surface area contributed by atoms with Crippen LogP contribution in [-0.4, -0.2) is 35.4 Å². The average Bonchev–Trinajstić information content (AvgIpc) is 3.39. The van der Waals surface area contributed by atoms with Crippen LogP contribution in [-0.2, 0) is 19.4 Å². The lowest BCUT2D eigenvalue weighted by molar-refractivity contribution is 0.634. The molecule has 0 radical (unpaired) electrons. The number of aromatic nitrogens is 7. The van der Waals surface area contributed by atoms with E-state index >= 15 is 0 Å². The molecule has 4 aromatic rings. The van der Waals surface area contributed by atoms with E-state index in [1.54, 1.807) is 0 Å². The first-order chi connectivity index (χ1) is 13.8. The van der Waals surface area contributed by atoms with Crippen molar-refractivity contribution in [3.05, 3.63) is 65.7 Å². The summed E-state index contributed by atoms with van der Waals surface area (Å²) in [4.78, 5) is 4.65. The maximum Gasteiger partial charge on any atom is 0.205 e. The standard InChI is InChI=1S/C21H23N7/c1-3-7-19-22-20(4-2)28(25-19)14-15-10-12-16(13-11-15)17-8-5-6-9-18(17)21-23-26-27-24-21/h5-6,8-13H,3-4,7,14H2,1-2H3,(H,23,24,26,27). The van der Waals surface area contributed by atoms with Crippen LogP contribution in [0, 0.1) is 0 Å². The lowest BCUT2D eigenvalue weighted by Gasteiger charge is -2.09. The molecule has 0 atom stereocenters. The Morgan fingerprint density at radius 2 is 1.75 bits per heavy atom. The van der Waals surface area contributed by atoms with E-state index in [1.165, 1.54) is 5.56 Å². The van der Waals surface area contributed by atoms with Gasteiger partial charge in [-0.15, -0.1) is 10.2 Å². The van der Waals surface area contributed by atoms with Crippen molar-refractivity contribution in [3.63, 3.8) is 0 Å². The smallest absolute Gasteiger partial charge is 0.205 e. The molecule has 0 aliphatic carbocycles. The van der Waals surface area contributed by atoms with Crippen molar-refractivity contribution in [2.45, 2.75) is 39.7 Å². The molecular weight excluding hydrogens is 350 g/mol. The molecule has 7 nitrogen and oxygen atoms in total. The first-order valence-electron chi connectivity index (χ1n) is 9.63. The van der Waals surface area contributed by atoms with E-state index in [1.807, 2.05) is 22.9 Å². The van der Waals surface area contributed by atoms with E-state index < -0.39 is 0 Å². The second kappa shape index (κ2) is 8.12. The highest BCUT2D eigenvalue weighted by atomic mass is 15.5. The van der Waals surface area contributed by atoms with Crippen molar-refractivity contribution >= 4 is 0 Å². The first-order valence-corrected chi connectivity index (χ1v) is 9.63. The van der Waals surface area contributed by atoms with Crippen LogP contribution in [0.3, 0.4) is 0 Å². The number of rotatable bonds is 7. The zero-order chi connectivity index (χ0) is 19.3. The van der Waals surface area contributed by atoms with Gasteiger partial charge in [-0.2, -0.15) is 10.3 Å². The zero-order valence-electron chi connectivity index (χ0n) is 16.1. The summed E-state index contributed by atoms with van der Waals surface area (Å²) >= 11 is 0. The highest BCUT2D eigenvalue weighted by Crippen LogP contribution is 2.29. The lowest BCUT2D eigenvalue weighted by Crippen LogP contribution is -2.06. The van der Waals surface area contributed by atoms with Crippen molar-refractivity contribution in [1.29, 1.82) is 0 Å². The Kier molecular flexibility index (Phi) is 5.23. The molecular formula is C21H23N7. The molecule has 0 fully saturated rings. The van der Waals surface area contributed by atoms with Crippen LogP contribution in [0.25, 0.3) is 22.5 Å². The second-order valence-corrected chi connectivity index (χ2v) is 6.68. The molecule has 0 spiro atoms. The number of nitrogens with zero attached hydrogens (tertiary/aromatic N) is 6. The quantitative estimate of drug-likeness (QED) is 0.534. The molecule has 2 heterocycles. The van der Waals surface area contributed by atoms with Crippen LogP contribution in [0.4, 0.5) is 0 Å². The van der Waals surface area contributed by atoms with Crippen molar-refractivity contribution < 1.29 is 0 Å². The molecule has 0 saturated carbocycles. The Hall–Kier alpha value is -3.35. The maximum atomic E-state index is 4.67. The molecule has 2 aromatic carbocycles. The molecule has 142 valence electrons. The van der Waals surface area contributed by atoms with Gasteiger partial charge in [-0.1, -0.05) is 62.4 Å². The van der Waals surface area contributed by atoms with Gasteiger partial charge in [-0.3, -0.25) is 0 Å². The third-order valence-corrected chi connectivity index (χ3v) is 4.69. The minimum Gasteiger partial charge on any atom is -0.245 e. The number of benzene rings is 2. The van der Waals surface area contributed by atoms with E-state index in [0.29, 0.717) is 5.82 Å². The van der Waals surface area contributed by atoms with Gasteiger partial charge in [0.25, 0.3) is 0 Å². The molecule has 0 bridgehead atoms. The lowest BCUT2D eigenvalue weighted by atomic mass is 9.98. The van der Waals surface area contributed by atoms with Crippen LogP contribution in [0.2, 0.25) is 0 Å². The van der Waals surface area contributed by atoms with Gasteiger partial charge in [0.05, 0.1) is 6.54 Å². The average molecular weight is 373 g/mol. The SMILES string of the molecule is CCCc1nc(CC)n(Cc2ccc(-c3ccccc3-c3nn[nH]n3)cc2)n1. The molecule has 0 aliphatic heterocycles. The molecule has 0 aliphatic rings. The number of aryl methyl sites for hydroxylation is 2. The second-order valence-electron chi connectivity index (χ2n) is 6.68. The normalized spacial score (nSPS) is 11.1. The minimum absolute atomic E-state index is 0.596. The fraction of sp³-hybridized carbons (Fsp3) is 0.286. The van der Waals surface area contributed by atoms with Gasteiger partial charge in [0.2, 0.25) is 5.82 Å². The summed E-state index contributed by atoms with van der Waals surface area (Å²) < 4.78 is 2.02. The molecule has 0 amide bonds. The molecule has 28 heavy (non-hydrogen) atoms. The Morgan fingerprint density at radius 3 is 2.43 bits per heavy atom. The number of hydrogen-bond donors (Lipinski definition) is 1. The van der Waals surface area contributed by atoms with E-state index in [0.717, 1.165) is 54.1 Å². The predicted molar refractivity (Wildman–Crippen MR) is 108 cm³/mol. The fourth-order valence-electron chi connectivity index (χ4n) is 3.31. The van der Waals surface area contributed by atoms with Crippen molar-refractivity contribution in [2.24, 2.45) is 0 Å². The fourth-order valence-corrected chi connectivity index (χ4v) is 3.31. The predicted octanol–water partition coefficient (Wildman–Crippen LogP) is 3.69. The Bertz CT molecular complexity index is 1030. The van der Waals surface area contributed by atoms with Crippen molar-refractivity contribution in [2.75, 3.05) is 0 Å². The van der Waals surface area contributed by atoms with Crippen LogP contribution in [0.15, 0.2) is 48.5 Å². The van der Waals surface area contributed by atoms with Gasteiger partial charge in [0.15, 0.2) is 5.82 Å². The molecule has 7 heteroatoms. The number of nitrogens with one attached hydrogen (secondary N) is 1. The summed E-state index contributed by atoms with van der Waals surface area (Å²) in [5, 5.41) is 19.1. The Labute approximate surface area is 163 Å². The van der Waals surface area contributed by atoms with Gasteiger partial charge in [-0.25, -0.2) is 9.67 Å². The summed E-state index contributed by atoms with van der Waals surface area (Å²) in [6.07, 6.45) is 2.86. The summed E-state index contributed by atoms with van der Waals surface area (Å²) in [5.74, 6) is 2.57. The van der Waals surface area contributed by atoms with Crippen LogP contribution in [0.1, 0.15) is 37.5 Å². The van der Waals surface area contributed by atoms with Gasteiger partial charge < -0.3 is 0 Å². The van der Waals surface area contributed by atoms with E-state index in [-0.39, 0.29) is 0 Å². The molecule has 0 saturated heterocycles. The Morgan fingerprint density at radius 1 is 0.964 bits per heavy atom. The van der Waals surface area contributed by atoms with Crippen LogP contribution >= 0.6 is 0 Å². The third-order valence-electron chi connectivity index (χ3n) is 4.69. The third kappa shape index (κ3) is 3.69. The van der Waals surface area contributed by atoms with Crippen LogP contribution < -0.4 is 0 Å². The largest absolute Gasteiger partial charge is 0.245 e. The van der Waals surface area contributed by atoms with Crippen molar-refractivity contribution in [1.82, 2.24) is 35.4 Å². The zero-order valence-corrected chi connectivity index (χ0v) is 16.1. The summed E-state index contributed by atoms with van der Waals surface area (Å²) in [6.45, 7) is 5.00. The highest BCUT2D eigenvalue weighted by molar-refractivity contribution is 5.80. The minimum atomic E-state index is 0.596. The number of hydrogen-bond acceptors (Lipinski definition) is 5. The monoisotopic (exact) mass is 373 g/mol. The van der Waals surface area contributed by atoms with Crippen molar-refractivity contribution in [3.8, 4) is 22.5 Å². The maximum absolute atomic E-state index is 4.67. The summed E-state index contributed by atoms with van der Waals surface area (Å²) in [6, 6.07) is 16.6. The first kappa shape index (κ1) is 18.0. The number of H-pyrrole nitrogens is 1. The summed E-state index contributed by atoms with van der Waals surface area (Å²) in [7, 11) is 0. The van der Waals surface area contributed by atoms with Gasteiger partial charge in [0.1, 0.15) is 5.82 Å². The summed E-state index contributed by atoms with van der Waals surface area (Å²) in [5.41, 5.74) is 4.35. The van der Waals surface area contributed by atoms with E-state index in [2.05, 4.69) is 74.9 Å². The van der Waals surface area contributed by atoms with Gasteiger partial charge in [-0.05, 0) is 28.3 Å². The molecule has 0 unspecified atom stereocenters. The van der Waals surface area contributed by atoms with E-state index in [4.69, 9.17) is 0 Å². The molecule has 4 rings (SSSR count). The molecule has 1 N–H and O–H groups in total. The highest BCUT2D eigenvalue weighted by Gasteiger charge is 2.11. The number of tetrazole rings is 1. The van der Waals surface area contributed by atoms with Gasteiger partial charge >= 0.3 is 0 Å². The topological polar surface area (TPSA) is 85.2 Å².